The molecular weight excluding hydrogens is 398 g/mol. The zero-order chi connectivity index (χ0) is 20.8. The van der Waals surface area contributed by atoms with E-state index in [-0.39, 0.29) is 24.4 Å². The van der Waals surface area contributed by atoms with Crippen LogP contribution in [-0.2, 0) is 17.8 Å². The fraction of sp³-hybridized carbons (Fsp3) is 0.200. The molecule has 0 aliphatic carbocycles. The second-order valence-corrected chi connectivity index (χ2v) is 6.56. The first-order chi connectivity index (χ1) is 14.0. The van der Waals surface area contributed by atoms with Crippen LogP contribution < -0.4 is 15.0 Å². The standard InChI is InChI=1S/C20H18ClN3O5/c1-28-17-10-13(19-22-20(27)15(23-24-19)6-8-18(25)26)5-7-16(17)29-11-12-3-2-4-14(21)9-12/h2-5,7,9-10H,6,8,11H2,1H3,(H,25,26)(H,22,24,27). The fourth-order valence-electron chi connectivity index (χ4n) is 2.60. The summed E-state index contributed by atoms with van der Waals surface area (Å²) in [5, 5.41) is 17.2. The van der Waals surface area contributed by atoms with Gasteiger partial charge in [0.2, 0.25) is 0 Å². The number of methoxy groups -OCH3 is 1. The fourth-order valence-corrected chi connectivity index (χ4v) is 2.81. The zero-order valence-electron chi connectivity index (χ0n) is 15.5. The van der Waals surface area contributed by atoms with Crippen molar-refractivity contribution in [2.24, 2.45) is 0 Å². The van der Waals surface area contributed by atoms with Gasteiger partial charge in [-0.05, 0) is 35.9 Å². The molecule has 0 saturated heterocycles. The number of aryl methyl sites for hydroxylation is 1. The highest BCUT2D eigenvalue weighted by atomic mass is 35.5. The SMILES string of the molecule is COc1cc(-c2nnc(CCC(=O)O)c(=O)[nH]2)ccc1OCc1cccc(Cl)c1. The smallest absolute Gasteiger partial charge is 0.303 e. The molecule has 8 nitrogen and oxygen atoms in total. The van der Waals surface area contributed by atoms with Crippen molar-refractivity contribution in [3.63, 3.8) is 0 Å². The number of rotatable bonds is 8. The van der Waals surface area contributed by atoms with Gasteiger partial charge in [-0.3, -0.25) is 9.59 Å². The van der Waals surface area contributed by atoms with Crippen LogP contribution in [0.5, 0.6) is 11.5 Å². The Hall–Kier alpha value is -3.39. The van der Waals surface area contributed by atoms with Crippen LogP contribution in [-0.4, -0.2) is 33.4 Å². The van der Waals surface area contributed by atoms with Crippen molar-refractivity contribution in [3.8, 4) is 22.9 Å². The topological polar surface area (TPSA) is 114 Å². The lowest BCUT2D eigenvalue weighted by atomic mass is 10.2. The Labute approximate surface area is 171 Å². The number of benzene rings is 2. The molecule has 0 spiro atoms. The summed E-state index contributed by atoms with van der Waals surface area (Å²) in [6, 6.07) is 12.4. The molecule has 1 heterocycles. The van der Waals surface area contributed by atoms with Crippen LogP contribution in [0, 0.1) is 0 Å². The van der Waals surface area contributed by atoms with E-state index in [1.54, 1.807) is 24.3 Å². The van der Waals surface area contributed by atoms with Gasteiger partial charge in [-0.2, -0.15) is 0 Å². The van der Waals surface area contributed by atoms with Gasteiger partial charge in [0.15, 0.2) is 17.3 Å². The highest BCUT2D eigenvalue weighted by Crippen LogP contribution is 2.31. The lowest BCUT2D eigenvalue weighted by molar-refractivity contribution is -0.136. The number of carbonyl (C=O) groups is 1. The van der Waals surface area contributed by atoms with Crippen molar-refractivity contribution in [1.82, 2.24) is 15.2 Å². The highest BCUT2D eigenvalue weighted by molar-refractivity contribution is 6.30. The minimum Gasteiger partial charge on any atom is -0.493 e. The number of ether oxygens (including phenoxy) is 2. The number of aromatic nitrogens is 3. The first-order valence-electron chi connectivity index (χ1n) is 8.69. The molecule has 0 amide bonds. The predicted molar refractivity (Wildman–Crippen MR) is 106 cm³/mol. The third-order valence-corrected chi connectivity index (χ3v) is 4.30. The number of carboxylic acids is 1. The van der Waals surface area contributed by atoms with Crippen molar-refractivity contribution < 1.29 is 19.4 Å². The molecule has 0 saturated carbocycles. The summed E-state index contributed by atoms with van der Waals surface area (Å²) >= 11 is 5.98. The minimum absolute atomic E-state index is 0.0115. The van der Waals surface area contributed by atoms with Gasteiger partial charge in [-0.1, -0.05) is 23.7 Å². The monoisotopic (exact) mass is 415 g/mol. The van der Waals surface area contributed by atoms with Crippen molar-refractivity contribution >= 4 is 17.6 Å². The van der Waals surface area contributed by atoms with Crippen molar-refractivity contribution in [1.29, 1.82) is 0 Å². The van der Waals surface area contributed by atoms with Gasteiger partial charge < -0.3 is 19.6 Å². The molecule has 0 atom stereocenters. The number of nitrogens with zero attached hydrogens (tertiary/aromatic N) is 2. The largest absolute Gasteiger partial charge is 0.493 e. The third kappa shape index (κ3) is 5.32. The quantitative estimate of drug-likeness (QED) is 0.580. The Balaban J connectivity index is 1.78. The Bertz CT molecular complexity index is 1080. The number of hydrogen-bond acceptors (Lipinski definition) is 6. The van der Waals surface area contributed by atoms with E-state index >= 15 is 0 Å². The van der Waals surface area contributed by atoms with E-state index in [1.807, 2.05) is 18.2 Å². The summed E-state index contributed by atoms with van der Waals surface area (Å²) in [5.74, 6) is 0.217. The first kappa shape index (κ1) is 20.3. The third-order valence-electron chi connectivity index (χ3n) is 4.06. The molecule has 3 aromatic rings. The van der Waals surface area contributed by atoms with Crippen LogP contribution in [0.1, 0.15) is 17.7 Å². The predicted octanol–water partition coefficient (Wildman–Crippen LogP) is 3.09. The first-order valence-corrected chi connectivity index (χ1v) is 9.07. The summed E-state index contributed by atoms with van der Waals surface area (Å²) in [4.78, 5) is 25.4. The highest BCUT2D eigenvalue weighted by Gasteiger charge is 2.12. The summed E-state index contributed by atoms with van der Waals surface area (Å²) in [6.45, 7) is 0.311. The van der Waals surface area contributed by atoms with Crippen LogP contribution in [0.4, 0.5) is 0 Å². The number of nitrogens with one attached hydrogen (secondary N) is 1. The maximum atomic E-state index is 12.1. The van der Waals surface area contributed by atoms with Crippen molar-refractivity contribution in [3.05, 3.63) is 69.1 Å². The molecule has 2 aromatic carbocycles. The number of H-pyrrole nitrogens is 1. The average molecular weight is 416 g/mol. The maximum Gasteiger partial charge on any atom is 0.303 e. The van der Waals surface area contributed by atoms with Crippen LogP contribution in [0.2, 0.25) is 5.02 Å². The van der Waals surface area contributed by atoms with Crippen LogP contribution in [0.15, 0.2) is 47.3 Å². The summed E-state index contributed by atoms with van der Waals surface area (Å²) in [5.41, 5.74) is 1.09. The Morgan fingerprint density at radius 3 is 2.69 bits per heavy atom. The van der Waals surface area contributed by atoms with Gasteiger partial charge in [0.05, 0.1) is 13.5 Å². The molecule has 0 aliphatic rings. The van der Waals surface area contributed by atoms with Gasteiger partial charge in [0.25, 0.3) is 5.56 Å². The maximum absolute atomic E-state index is 12.1. The summed E-state index contributed by atoms with van der Waals surface area (Å²) in [7, 11) is 1.51. The number of aromatic amines is 1. The second kappa shape index (κ2) is 9.20. The molecular formula is C20H18ClN3O5. The van der Waals surface area contributed by atoms with Gasteiger partial charge in [0, 0.05) is 17.0 Å². The van der Waals surface area contributed by atoms with E-state index in [4.69, 9.17) is 26.2 Å². The van der Waals surface area contributed by atoms with Gasteiger partial charge >= 0.3 is 5.97 Å². The summed E-state index contributed by atoms with van der Waals surface area (Å²) in [6.07, 6.45) is -0.179. The molecule has 3 rings (SSSR count). The molecule has 0 radical (unpaired) electrons. The molecule has 0 fully saturated rings. The summed E-state index contributed by atoms with van der Waals surface area (Å²) < 4.78 is 11.2. The molecule has 2 N–H and O–H groups in total. The molecule has 1 aromatic heterocycles. The van der Waals surface area contributed by atoms with Gasteiger partial charge in [-0.15, -0.1) is 10.2 Å². The van der Waals surface area contributed by atoms with E-state index in [0.717, 1.165) is 5.56 Å². The minimum atomic E-state index is -1.01. The molecule has 9 heteroatoms. The van der Waals surface area contributed by atoms with Crippen LogP contribution >= 0.6 is 11.6 Å². The van der Waals surface area contributed by atoms with Crippen LogP contribution in [0.3, 0.4) is 0 Å². The molecule has 0 aliphatic heterocycles. The van der Waals surface area contributed by atoms with Gasteiger partial charge in [-0.25, -0.2) is 0 Å². The van der Waals surface area contributed by atoms with E-state index in [1.165, 1.54) is 7.11 Å². The number of carboxylic acid groups (broad SMARTS) is 1. The van der Waals surface area contributed by atoms with Crippen LogP contribution in [0.25, 0.3) is 11.4 Å². The van der Waals surface area contributed by atoms with Gasteiger partial charge in [0.1, 0.15) is 12.3 Å². The second-order valence-electron chi connectivity index (χ2n) is 6.13. The van der Waals surface area contributed by atoms with E-state index in [0.29, 0.717) is 28.7 Å². The number of halogens is 1. The molecule has 29 heavy (non-hydrogen) atoms. The van der Waals surface area contributed by atoms with Crippen molar-refractivity contribution in [2.45, 2.75) is 19.4 Å². The Kier molecular flexibility index (Phi) is 6.46. The zero-order valence-corrected chi connectivity index (χ0v) is 16.3. The molecule has 0 unspecified atom stereocenters. The molecule has 150 valence electrons. The lowest BCUT2D eigenvalue weighted by Crippen LogP contribution is -2.18. The lowest BCUT2D eigenvalue weighted by Gasteiger charge is -2.12. The number of hydrogen-bond donors (Lipinski definition) is 2. The molecule has 0 bridgehead atoms. The van der Waals surface area contributed by atoms with E-state index in [9.17, 15) is 9.59 Å². The average Bonchev–Trinajstić information content (AvgIpc) is 2.71. The van der Waals surface area contributed by atoms with E-state index < -0.39 is 11.5 Å². The Morgan fingerprint density at radius 2 is 2.00 bits per heavy atom. The Morgan fingerprint density at radius 1 is 1.17 bits per heavy atom. The normalized spacial score (nSPS) is 10.6. The van der Waals surface area contributed by atoms with Crippen molar-refractivity contribution in [2.75, 3.05) is 7.11 Å². The number of aliphatic carboxylic acids is 1. The van der Waals surface area contributed by atoms with E-state index in [2.05, 4.69) is 15.2 Å².